The molecule has 32 heavy (non-hydrogen) atoms. The van der Waals surface area contributed by atoms with E-state index in [0.29, 0.717) is 44.9 Å². The molecule has 5 rings (SSSR count). The van der Waals surface area contributed by atoms with E-state index in [-0.39, 0.29) is 18.1 Å². The molecule has 2 N–H and O–H groups in total. The van der Waals surface area contributed by atoms with Gasteiger partial charge in [0.2, 0.25) is 0 Å². The monoisotopic (exact) mass is 426 g/mol. The van der Waals surface area contributed by atoms with Crippen molar-refractivity contribution in [2.75, 3.05) is 5.73 Å². The average molecular weight is 426 g/mol. The van der Waals surface area contributed by atoms with Gasteiger partial charge in [-0.25, -0.2) is 14.4 Å². The molecule has 10 heteroatoms. The summed E-state index contributed by atoms with van der Waals surface area (Å²) in [5.74, 6) is 0.0904. The van der Waals surface area contributed by atoms with Gasteiger partial charge in [-0.1, -0.05) is 18.2 Å². The van der Waals surface area contributed by atoms with E-state index in [4.69, 9.17) is 10.2 Å². The summed E-state index contributed by atoms with van der Waals surface area (Å²) in [5, 5.41) is 18.6. The van der Waals surface area contributed by atoms with Gasteiger partial charge in [0, 0.05) is 11.8 Å². The number of aryl methyl sites for hydroxylation is 1. The van der Waals surface area contributed by atoms with Crippen molar-refractivity contribution in [3.05, 3.63) is 71.8 Å². The number of nitrogens with zero attached hydrogens (tertiary/aromatic N) is 7. The maximum absolute atomic E-state index is 14.1. The molecule has 0 aliphatic carbocycles. The molecule has 5 aromatic rings. The van der Waals surface area contributed by atoms with E-state index in [0.717, 1.165) is 0 Å². The Morgan fingerprint density at radius 2 is 1.94 bits per heavy atom. The molecular formula is C22H15FN8O. The second-order valence-electron chi connectivity index (χ2n) is 7.00. The van der Waals surface area contributed by atoms with Crippen molar-refractivity contribution < 1.29 is 8.81 Å². The van der Waals surface area contributed by atoms with Crippen molar-refractivity contribution in [3.63, 3.8) is 0 Å². The Morgan fingerprint density at radius 1 is 1.12 bits per heavy atom. The van der Waals surface area contributed by atoms with Crippen LogP contribution in [0.15, 0.2) is 53.4 Å². The molecule has 0 fully saturated rings. The Bertz CT molecular complexity index is 1510. The summed E-state index contributed by atoms with van der Waals surface area (Å²) in [7, 11) is 0. The predicted molar refractivity (Wildman–Crippen MR) is 113 cm³/mol. The lowest BCUT2D eigenvalue weighted by atomic mass is 9.98. The number of aromatic nitrogens is 6. The SMILES string of the molecule is Cc1ncoc1-c1c(-c2ccccc2C#N)nc(N)c2nn(Cc3ncccc3F)nc12. The topological polar surface area (TPSA) is 132 Å². The van der Waals surface area contributed by atoms with Crippen LogP contribution < -0.4 is 5.73 Å². The zero-order valence-corrected chi connectivity index (χ0v) is 16.8. The van der Waals surface area contributed by atoms with Crippen molar-refractivity contribution in [2.24, 2.45) is 0 Å². The summed E-state index contributed by atoms with van der Waals surface area (Å²) in [6.45, 7) is 1.79. The summed E-state index contributed by atoms with van der Waals surface area (Å²) in [6.07, 6.45) is 2.82. The standard InChI is InChI=1S/C22H15FN8O/c1-12-21(32-11-27-12)17-18(14-6-3-2-5-13(14)9-24)28-22(25)20-19(17)29-31(30-20)10-16-15(23)7-4-8-26-16/h2-8,11H,10H2,1H3,(H2,25,28). The highest BCUT2D eigenvalue weighted by Gasteiger charge is 2.25. The lowest BCUT2D eigenvalue weighted by Gasteiger charge is -2.10. The molecule has 0 unspecified atom stereocenters. The van der Waals surface area contributed by atoms with E-state index in [1.54, 1.807) is 31.2 Å². The summed E-state index contributed by atoms with van der Waals surface area (Å²) >= 11 is 0. The molecule has 0 aliphatic heterocycles. The van der Waals surface area contributed by atoms with Gasteiger partial charge in [0.1, 0.15) is 17.9 Å². The molecule has 0 spiro atoms. The lowest BCUT2D eigenvalue weighted by molar-refractivity contribution is 0.540. The summed E-state index contributed by atoms with van der Waals surface area (Å²) in [5.41, 5.74) is 9.66. The fourth-order valence-corrected chi connectivity index (χ4v) is 3.51. The Labute approximate surface area is 181 Å². The van der Waals surface area contributed by atoms with Crippen molar-refractivity contribution in [1.82, 2.24) is 29.9 Å². The van der Waals surface area contributed by atoms with Crippen LogP contribution in [-0.2, 0) is 6.54 Å². The number of hydrogen-bond donors (Lipinski definition) is 1. The quantitative estimate of drug-likeness (QED) is 0.462. The number of rotatable bonds is 4. The van der Waals surface area contributed by atoms with E-state index < -0.39 is 5.82 Å². The van der Waals surface area contributed by atoms with Crippen molar-refractivity contribution in [3.8, 4) is 28.7 Å². The van der Waals surface area contributed by atoms with Crippen LogP contribution in [-0.4, -0.2) is 29.9 Å². The number of hydrogen-bond acceptors (Lipinski definition) is 8. The predicted octanol–water partition coefficient (Wildman–Crippen LogP) is 3.49. The van der Waals surface area contributed by atoms with Crippen LogP contribution in [0.1, 0.15) is 17.0 Å². The zero-order chi connectivity index (χ0) is 22.2. The third-order valence-electron chi connectivity index (χ3n) is 5.00. The van der Waals surface area contributed by atoms with Gasteiger partial charge < -0.3 is 10.2 Å². The Balaban J connectivity index is 1.79. The first-order valence-corrected chi connectivity index (χ1v) is 9.60. The van der Waals surface area contributed by atoms with Crippen LogP contribution >= 0.6 is 0 Å². The van der Waals surface area contributed by atoms with Crippen LogP contribution in [0.3, 0.4) is 0 Å². The molecule has 0 aliphatic rings. The third kappa shape index (κ3) is 3.13. The van der Waals surface area contributed by atoms with Crippen LogP contribution in [0.2, 0.25) is 0 Å². The highest BCUT2D eigenvalue weighted by Crippen LogP contribution is 2.39. The van der Waals surface area contributed by atoms with E-state index >= 15 is 0 Å². The maximum atomic E-state index is 14.1. The third-order valence-corrected chi connectivity index (χ3v) is 5.00. The first-order valence-electron chi connectivity index (χ1n) is 9.60. The van der Waals surface area contributed by atoms with Crippen molar-refractivity contribution >= 4 is 16.9 Å². The van der Waals surface area contributed by atoms with Gasteiger partial charge in [-0.05, 0) is 25.1 Å². The zero-order valence-electron chi connectivity index (χ0n) is 16.8. The smallest absolute Gasteiger partial charge is 0.181 e. The molecule has 156 valence electrons. The number of halogens is 1. The lowest BCUT2D eigenvalue weighted by Crippen LogP contribution is -2.07. The normalized spacial score (nSPS) is 11.0. The number of nitrogen functional groups attached to an aromatic ring is 1. The average Bonchev–Trinajstić information content (AvgIpc) is 3.42. The number of benzene rings is 1. The largest absolute Gasteiger partial charge is 0.443 e. The van der Waals surface area contributed by atoms with E-state index in [2.05, 4.69) is 31.2 Å². The first kappa shape index (κ1) is 19.3. The number of nitrogens with two attached hydrogens (primary N) is 1. The van der Waals surface area contributed by atoms with Crippen molar-refractivity contribution in [2.45, 2.75) is 13.5 Å². The highest BCUT2D eigenvalue weighted by molar-refractivity contribution is 6.02. The molecule has 0 radical (unpaired) electrons. The molecule has 1 aromatic carbocycles. The maximum Gasteiger partial charge on any atom is 0.181 e. The van der Waals surface area contributed by atoms with Crippen molar-refractivity contribution in [1.29, 1.82) is 5.26 Å². The number of oxazole rings is 1. The minimum absolute atomic E-state index is 0.000262. The summed E-state index contributed by atoms with van der Waals surface area (Å²) in [6, 6.07) is 12.0. The molecule has 0 bridgehead atoms. The van der Waals surface area contributed by atoms with Crippen LogP contribution in [0.25, 0.3) is 33.6 Å². The molecular weight excluding hydrogens is 411 g/mol. The van der Waals surface area contributed by atoms with Gasteiger partial charge in [0.15, 0.2) is 23.5 Å². The van der Waals surface area contributed by atoms with Gasteiger partial charge in [-0.3, -0.25) is 4.98 Å². The van der Waals surface area contributed by atoms with E-state index in [1.807, 2.05) is 0 Å². The first-order chi connectivity index (χ1) is 15.6. The second kappa shape index (κ2) is 7.55. The minimum atomic E-state index is -0.463. The van der Waals surface area contributed by atoms with Gasteiger partial charge in [0.25, 0.3) is 0 Å². The Morgan fingerprint density at radius 3 is 2.69 bits per heavy atom. The fourth-order valence-electron chi connectivity index (χ4n) is 3.51. The number of pyridine rings is 2. The Hall–Kier alpha value is -4.65. The molecule has 0 atom stereocenters. The molecule has 9 nitrogen and oxygen atoms in total. The molecule has 4 aromatic heterocycles. The summed E-state index contributed by atoms with van der Waals surface area (Å²) < 4.78 is 19.8. The Kier molecular flexibility index (Phi) is 4.56. The number of anilines is 1. The minimum Gasteiger partial charge on any atom is -0.443 e. The van der Waals surface area contributed by atoms with Crippen LogP contribution in [0, 0.1) is 24.1 Å². The summed E-state index contributed by atoms with van der Waals surface area (Å²) in [4.78, 5) is 14.1. The van der Waals surface area contributed by atoms with Gasteiger partial charge in [0.05, 0.1) is 34.3 Å². The second-order valence-corrected chi connectivity index (χ2v) is 7.00. The fraction of sp³-hybridized carbons (Fsp3) is 0.0909. The molecule has 0 saturated heterocycles. The van der Waals surface area contributed by atoms with Crippen LogP contribution in [0.4, 0.5) is 10.2 Å². The molecule has 4 heterocycles. The molecule has 0 amide bonds. The number of nitriles is 1. The highest BCUT2D eigenvalue weighted by atomic mass is 19.1. The van der Waals surface area contributed by atoms with Gasteiger partial charge in [-0.2, -0.15) is 15.2 Å². The van der Waals surface area contributed by atoms with E-state index in [1.165, 1.54) is 29.5 Å². The molecule has 0 saturated carbocycles. The number of fused-ring (bicyclic) bond motifs is 1. The van der Waals surface area contributed by atoms with Gasteiger partial charge >= 0.3 is 0 Å². The van der Waals surface area contributed by atoms with Crippen LogP contribution in [0.5, 0.6) is 0 Å². The van der Waals surface area contributed by atoms with E-state index in [9.17, 15) is 9.65 Å². The van der Waals surface area contributed by atoms with Gasteiger partial charge in [-0.15, -0.1) is 5.10 Å².